The number of carboxylic acid groups (broad SMARTS) is 1. The third kappa shape index (κ3) is 3.03. The maximum absolute atomic E-state index is 11.1. The molecule has 116 valence electrons. The summed E-state index contributed by atoms with van der Waals surface area (Å²) < 4.78 is 5.61. The summed E-state index contributed by atoms with van der Waals surface area (Å²) in [6.07, 6.45) is 1.81. The number of benzene rings is 1. The Balaban J connectivity index is 1.81. The summed E-state index contributed by atoms with van der Waals surface area (Å²) in [4.78, 5) is 13.4. The molecule has 1 aliphatic rings. The molecule has 0 spiro atoms. The number of carbonyl (C=O) groups is 1. The first-order chi connectivity index (χ1) is 10.6. The van der Waals surface area contributed by atoms with Gasteiger partial charge in [0.2, 0.25) is 0 Å². The predicted molar refractivity (Wildman–Crippen MR) is 80.7 cm³/mol. The molecule has 0 amide bonds. The van der Waals surface area contributed by atoms with Crippen LogP contribution in [0, 0.1) is 6.92 Å². The summed E-state index contributed by atoms with van der Waals surface area (Å²) in [5, 5.41) is 16.3. The van der Waals surface area contributed by atoms with Crippen molar-refractivity contribution < 1.29 is 14.6 Å². The van der Waals surface area contributed by atoms with E-state index in [1.807, 2.05) is 19.2 Å². The van der Waals surface area contributed by atoms with Gasteiger partial charge in [0.15, 0.2) is 0 Å². The molecule has 0 saturated carbocycles. The summed E-state index contributed by atoms with van der Waals surface area (Å²) in [6.45, 7) is 4.81. The zero-order chi connectivity index (χ0) is 15.5. The topological polar surface area (TPSA) is 78.5 Å². The molecule has 22 heavy (non-hydrogen) atoms. The fourth-order valence-electron chi connectivity index (χ4n) is 2.82. The van der Waals surface area contributed by atoms with Crippen molar-refractivity contribution in [3.05, 3.63) is 52.8 Å². The van der Waals surface area contributed by atoms with Gasteiger partial charge in [-0.2, -0.15) is 5.10 Å². The Morgan fingerprint density at radius 3 is 3.14 bits per heavy atom. The first kappa shape index (κ1) is 14.7. The van der Waals surface area contributed by atoms with Gasteiger partial charge in [-0.25, -0.2) is 4.79 Å². The zero-order valence-corrected chi connectivity index (χ0v) is 12.5. The van der Waals surface area contributed by atoms with E-state index in [-0.39, 0.29) is 6.04 Å². The number of nitrogens with zero attached hydrogens (tertiary/aromatic N) is 2. The highest BCUT2D eigenvalue weighted by Crippen LogP contribution is 2.26. The lowest BCUT2D eigenvalue weighted by Crippen LogP contribution is -2.39. The van der Waals surface area contributed by atoms with Gasteiger partial charge >= 0.3 is 5.97 Å². The van der Waals surface area contributed by atoms with Crippen LogP contribution in [0.1, 0.15) is 33.2 Å². The second-order valence-corrected chi connectivity index (χ2v) is 5.53. The third-order valence-corrected chi connectivity index (χ3v) is 4.00. The van der Waals surface area contributed by atoms with Gasteiger partial charge < -0.3 is 9.84 Å². The maximum atomic E-state index is 11.1. The van der Waals surface area contributed by atoms with E-state index in [0.717, 1.165) is 23.4 Å². The lowest BCUT2D eigenvalue weighted by Gasteiger charge is -2.35. The summed E-state index contributed by atoms with van der Waals surface area (Å²) in [7, 11) is 0. The van der Waals surface area contributed by atoms with Crippen LogP contribution in [0.15, 0.2) is 30.5 Å². The van der Waals surface area contributed by atoms with Crippen LogP contribution in [0.3, 0.4) is 0 Å². The standard InChI is InChI=1S/C16H19N3O3/c1-11-8-17-18-15(11)14-10-22-6-5-19(14)9-12-3-2-4-13(7-12)16(20)21/h2-4,7-8,14H,5-6,9-10H2,1H3,(H,17,18)(H,20,21). The highest BCUT2D eigenvalue weighted by atomic mass is 16.5. The highest BCUT2D eigenvalue weighted by molar-refractivity contribution is 5.87. The normalized spacial score (nSPS) is 19.2. The van der Waals surface area contributed by atoms with Crippen molar-refractivity contribution in [1.29, 1.82) is 0 Å². The average Bonchev–Trinajstić information content (AvgIpc) is 2.94. The van der Waals surface area contributed by atoms with Gasteiger partial charge in [0.1, 0.15) is 0 Å². The lowest BCUT2D eigenvalue weighted by molar-refractivity contribution is -0.0145. The monoisotopic (exact) mass is 301 g/mol. The number of hydrogen-bond donors (Lipinski definition) is 2. The zero-order valence-electron chi connectivity index (χ0n) is 12.5. The molecule has 2 heterocycles. The highest BCUT2D eigenvalue weighted by Gasteiger charge is 2.27. The molecule has 1 aromatic carbocycles. The Hall–Kier alpha value is -2.18. The van der Waals surface area contributed by atoms with Crippen LogP contribution in [0.4, 0.5) is 0 Å². The smallest absolute Gasteiger partial charge is 0.335 e. The van der Waals surface area contributed by atoms with Gasteiger partial charge in [0, 0.05) is 13.1 Å². The molecule has 0 radical (unpaired) electrons. The van der Waals surface area contributed by atoms with E-state index < -0.39 is 5.97 Å². The van der Waals surface area contributed by atoms with E-state index >= 15 is 0 Å². The first-order valence-corrected chi connectivity index (χ1v) is 7.29. The second kappa shape index (κ2) is 6.29. The van der Waals surface area contributed by atoms with Gasteiger partial charge in [-0.3, -0.25) is 10.00 Å². The Morgan fingerprint density at radius 2 is 2.41 bits per heavy atom. The lowest BCUT2D eigenvalue weighted by atomic mass is 10.1. The molecule has 2 aromatic rings. The van der Waals surface area contributed by atoms with Crippen LogP contribution in [0.2, 0.25) is 0 Å². The first-order valence-electron chi connectivity index (χ1n) is 7.29. The minimum Gasteiger partial charge on any atom is -0.478 e. The molecule has 3 rings (SSSR count). The minimum atomic E-state index is -0.898. The third-order valence-electron chi connectivity index (χ3n) is 4.00. The second-order valence-electron chi connectivity index (χ2n) is 5.53. The fraction of sp³-hybridized carbons (Fsp3) is 0.375. The van der Waals surface area contributed by atoms with Gasteiger partial charge in [0.05, 0.1) is 36.7 Å². The largest absolute Gasteiger partial charge is 0.478 e. The van der Waals surface area contributed by atoms with Gasteiger partial charge in [-0.05, 0) is 30.2 Å². The summed E-state index contributed by atoms with van der Waals surface area (Å²) >= 11 is 0. The number of rotatable bonds is 4. The molecule has 1 aromatic heterocycles. The number of aromatic nitrogens is 2. The number of nitrogens with one attached hydrogen (secondary N) is 1. The number of morpholine rings is 1. The van der Waals surface area contributed by atoms with Crippen LogP contribution in [-0.2, 0) is 11.3 Å². The van der Waals surface area contributed by atoms with E-state index in [1.54, 1.807) is 18.2 Å². The van der Waals surface area contributed by atoms with E-state index in [1.165, 1.54) is 0 Å². The van der Waals surface area contributed by atoms with Crippen LogP contribution >= 0.6 is 0 Å². The van der Waals surface area contributed by atoms with Crippen LogP contribution in [0.25, 0.3) is 0 Å². The Morgan fingerprint density at radius 1 is 1.55 bits per heavy atom. The molecular formula is C16H19N3O3. The van der Waals surface area contributed by atoms with Gasteiger partial charge in [-0.1, -0.05) is 12.1 Å². The molecule has 1 atom stereocenters. The molecule has 6 nitrogen and oxygen atoms in total. The average molecular weight is 301 g/mol. The van der Waals surface area contributed by atoms with E-state index in [9.17, 15) is 4.79 Å². The number of aromatic carboxylic acids is 1. The van der Waals surface area contributed by atoms with Crippen molar-refractivity contribution in [2.24, 2.45) is 0 Å². The molecule has 1 unspecified atom stereocenters. The minimum absolute atomic E-state index is 0.115. The summed E-state index contributed by atoms with van der Waals surface area (Å²) in [5.74, 6) is -0.898. The fourth-order valence-corrected chi connectivity index (χ4v) is 2.82. The molecule has 1 aliphatic heterocycles. The van der Waals surface area contributed by atoms with Crippen molar-refractivity contribution in [2.75, 3.05) is 19.8 Å². The molecule has 0 aliphatic carbocycles. The Labute approximate surface area is 128 Å². The number of hydrogen-bond acceptors (Lipinski definition) is 4. The summed E-state index contributed by atoms with van der Waals surface area (Å²) in [6, 6.07) is 7.20. The molecular weight excluding hydrogens is 282 g/mol. The molecule has 6 heteroatoms. The van der Waals surface area contributed by atoms with Crippen LogP contribution in [-0.4, -0.2) is 45.9 Å². The van der Waals surface area contributed by atoms with E-state index in [0.29, 0.717) is 25.3 Å². The van der Waals surface area contributed by atoms with Crippen LogP contribution in [0.5, 0.6) is 0 Å². The van der Waals surface area contributed by atoms with E-state index in [4.69, 9.17) is 9.84 Å². The number of H-pyrrole nitrogens is 1. The quantitative estimate of drug-likeness (QED) is 0.903. The Bertz CT molecular complexity index is 668. The van der Waals surface area contributed by atoms with Crippen LogP contribution < -0.4 is 0 Å². The predicted octanol–water partition coefficient (Wildman–Crippen LogP) is 1.99. The maximum Gasteiger partial charge on any atom is 0.335 e. The molecule has 2 N–H and O–H groups in total. The number of carboxylic acids is 1. The van der Waals surface area contributed by atoms with E-state index in [2.05, 4.69) is 15.1 Å². The summed E-state index contributed by atoms with van der Waals surface area (Å²) in [5.41, 5.74) is 3.48. The number of ether oxygens (including phenoxy) is 1. The number of aromatic amines is 1. The van der Waals surface area contributed by atoms with Crippen molar-refractivity contribution >= 4 is 5.97 Å². The van der Waals surface area contributed by atoms with Crippen molar-refractivity contribution in [2.45, 2.75) is 19.5 Å². The SMILES string of the molecule is Cc1cn[nH]c1C1COCCN1Cc1cccc(C(=O)O)c1. The molecule has 1 saturated heterocycles. The van der Waals surface area contributed by atoms with Gasteiger partial charge in [-0.15, -0.1) is 0 Å². The molecule has 1 fully saturated rings. The molecule has 0 bridgehead atoms. The Kier molecular flexibility index (Phi) is 4.22. The van der Waals surface area contributed by atoms with Crippen molar-refractivity contribution in [3.63, 3.8) is 0 Å². The van der Waals surface area contributed by atoms with Gasteiger partial charge in [0.25, 0.3) is 0 Å². The van der Waals surface area contributed by atoms with Crippen molar-refractivity contribution in [1.82, 2.24) is 15.1 Å². The van der Waals surface area contributed by atoms with Crippen molar-refractivity contribution in [3.8, 4) is 0 Å². The number of aryl methyl sites for hydroxylation is 1.